The van der Waals surface area contributed by atoms with Crippen molar-refractivity contribution in [2.45, 2.75) is 32.7 Å². The van der Waals surface area contributed by atoms with Gasteiger partial charge in [-0.15, -0.1) is 10.2 Å². The zero-order valence-corrected chi connectivity index (χ0v) is 14.2. The Morgan fingerprint density at radius 3 is 2.76 bits per heavy atom. The summed E-state index contributed by atoms with van der Waals surface area (Å²) < 4.78 is 8.11. The fourth-order valence-corrected chi connectivity index (χ4v) is 3.00. The Hall–Kier alpha value is -2.95. The highest BCUT2D eigenvalue weighted by molar-refractivity contribution is 5.85. The van der Waals surface area contributed by atoms with E-state index in [2.05, 4.69) is 44.9 Å². The van der Waals surface area contributed by atoms with E-state index in [1.165, 1.54) is 0 Å². The normalized spacial score (nSPS) is 11.2. The number of fused-ring (bicyclic) bond motifs is 1. The molecule has 0 unspecified atom stereocenters. The lowest BCUT2D eigenvalue weighted by Gasteiger charge is -2.08. The molecule has 0 atom stereocenters. The van der Waals surface area contributed by atoms with Crippen LogP contribution in [0.25, 0.3) is 22.5 Å². The molecule has 5 nitrogen and oxygen atoms in total. The van der Waals surface area contributed by atoms with Crippen LogP contribution in [0.4, 0.5) is 0 Å². The summed E-state index contributed by atoms with van der Waals surface area (Å²) in [7, 11) is 0. The first-order valence-electron chi connectivity index (χ1n) is 8.66. The topological polar surface area (TPSA) is 56.7 Å². The molecule has 0 fully saturated rings. The first kappa shape index (κ1) is 15.6. The van der Waals surface area contributed by atoms with Crippen molar-refractivity contribution in [3.63, 3.8) is 0 Å². The van der Waals surface area contributed by atoms with Gasteiger partial charge in [-0.3, -0.25) is 4.98 Å². The van der Waals surface area contributed by atoms with Gasteiger partial charge in [0.1, 0.15) is 5.69 Å². The van der Waals surface area contributed by atoms with E-state index >= 15 is 0 Å². The molecular formula is C20H20N4O. The third-order valence-electron chi connectivity index (χ3n) is 4.29. The van der Waals surface area contributed by atoms with Crippen LogP contribution in [0, 0.1) is 0 Å². The molecule has 0 N–H and O–H groups in total. The van der Waals surface area contributed by atoms with Gasteiger partial charge in [0.2, 0.25) is 5.89 Å². The molecule has 3 heterocycles. The second-order valence-electron chi connectivity index (χ2n) is 6.10. The lowest BCUT2D eigenvalue weighted by Crippen LogP contribution is -2.03. The van der Waals surface area contributed by atoms with E-state index in [1.54, 1.807) is 0 Å². The minimum atomic E-state index is 0.568. The van der Waals surface area contributed by atoms with Crippen molar-refractivity contribution in [3.8, 4) is 11.6 Å². The molecule has 126 valence electrons. The van der Waals surface area contributed by atoms with Crippen LogP contribution in [-0.4, -0.2) is 19.7 Å². The van der Waals surface area contributed by atoms with Crippen LogP contribution < -0.4 is 0 Å². The molecule has 0 spiro atoms. The summed E-state index contributed by atoms with van der Waals surface area (Å²) in [5.74, 6) is 1.27. The fraction of sp³-hybridized carbons (Fsp3) is 0.250. The molecule has 0 radical (unpaired) electrons. The Kier molecular flexibility index (Phi) is 4.29. The van der Waals surface area contributed by atoms with Gasteiger partial charge in [0.15, 0.2) is 0 Å². The Bertz CT molecular complexity index is 972. The van der Waals surface area contributed by atoms with Crippen LogP contribution in [0.2, 0.25) is 0 Å². The summed E-state index contributed by atoms with van der Waals surface area (Å²) in [6, 6.07) is 16.4. The lowest BCUT2D eigenvalue weighted by atomic mass is 10.2. The zero-order valence-electron chi connectivity index (χ0n) is 14.2. The van der Waals surface area contributed by atoms with Gasteiger partial charge in [-0.1, -0.05) is 37.6 Å². The average Bonchev–Trinajstić information content (AvgIpc) is 3.26. The lowest BCUT2D eigenvalue weighted by molar-refractivity contribution is 0.492. The van der Waals surface area contributed by atoms with Gasteiger partial charge >= 0.3 is 0 Å². The highest BCUT2D eigenvalue weighted by Crippen LogP contribution is 2.28. The van der Waals surface area contributed by atoms with Gasteiger partial charge in [-0.25, -0.2) is 0 Å². The van der Waals surface area contributed by atoms with Crippen molar-refractivity contribution in [2.24, 2.45) is 0 Å². The van der Waals surface area contributed by atoms with Gasteiger partial charge in [0.05, 0.1) is 12.2 Å². The van der Waals surface area contributed by atoms with Crippen molar-refractivity contribution >= 4 is 10.9 Å². The molecule has 1 aromatic carbocycles. The average molecular weight is 332 g/mol. The van der Waals surface area contributed by atoms with E-state index in [9.17, 15) is 0 Å². The first-order chi connectivity index (χ1) is 12.3. The number of hydrogen-bond donors (Lipinski definition) is 0. The maximum absolute atomic E-state index is 5.92. The van der Waals surface area contributed by atoms with E-state index in [0.717, 1.165) is 41.6 Å². The summed E-state index contributed by atoms with van der Waals surface area (Å²) in [6.07, 6.45) is 4.80. The van der Waals surface area contributed by atoms with Crippen molar-refractivity contribution in [2.75, 3.05) is 0 Å². The van der Waals surface area contributed by atoms with Crippen LogP contribution in [-0.2, 0) is 13.0 Å². The number of nitrogens with zero attached hydrogens (tertiary/aromatic N) is 4. The van der Waals surface area contributed by atoms with Crippen LogP contribution in [0.5, 0.6) is 0 Å². The van der Waals surface area contributed by atoms with E-state index in [-0.39, 0.29) is 0 Å². The fourth-order valence-electron chi connectivity index (χ4n) is 3.00. The Morgan fingerprint density at radius 1 is 1.04 bits per heavy atom. The van der Waals surface area contributed by atoms with Crippen LogP contribution in [0.1, 0.15) is 31.4 Å². The number of para-hydroxylation sites is 1. The maximum atomic E-state index is 5.92. The van der Waals surface area contributed by atoms with Gasteiger partial charge < -0.3 is 8.98 Å². The second-order valence-corrected chi connectivity index (χ2v) is 6.10. The third kappa shape index (κ3) is 3.18. The summed E-state index contributed by atoms with van der Waals surface area (Å²) in [4.78, 5) is 4.45. The molecule has 4 rings (SSSR count). The molecule has 0 saturated heterocycles. The van der Waals surface area contributed by atoms with E-state index in [0.29, 0.717) is 18.3 Å². The summed E-state index contributed by atoms with van der Waals surface area (Å²) in [6.45, 7) is 2.82. The molecule has 5 heteroatoms. The van der Waals surface area contributed by atoms with Crippen molar-refractivity contribution in [3.05, 3.63) is 66.3 Å². The van der Waals surface area contributed by atoms with E-state index < -0.39 is 0 Å². The number of aryl methyl sites for hydroxylation is 1. The number of aromatic nitrogens is 4. The highest BCUT2D eigenvalue weighted by atomic mass is 16.4. The summed E-state index contributed by atoms with van der Waals surface area (Å²) in [5.41, 5.74) is 3.06. The number of benzene rings is 1. The molecule has 0 bridgehead atoms. The minimum Gasteiger partial charge on any atom is -0.419 e. The second kappa shape index (κ2) is 6.89. The Morgan fingerprint density at radius 2 is 1.92 bits per heavy atom. The largest absolute Gasteiger partial charge is 0.419 e. The quantitative estimate of drug-likeness (QED) is 0.522. The van der Waals surface area contributed by atoms with Gasteiger partial charge in [-0.05, 0) is 30.7 Å². The number of hydrogen-bond acceptors (Lipinski definition) is 4. The molecule has 25 heavy (non-hydrogen) atoms. The Balaban J connectivity index is 1.77. The summed E-state index contributed by atoms with van der Waals surface area (Å²) >= 11 is 0. The predicted octanol–water partition coefficient (Wildman–Crippen LogP) is 4.48. The molecule has 0 aliphatic heterocycles. The minimum absolute atomic E-state index is 0.568. The van der Waals surface area contributed by atoms with E-state index in [1.807, 2.05) is 36.5 Å². The van der Waals surface area contributed by atoms with Crippen LogP contribution in [0.15, 0.2) is 59.1 Å². The Labute approximate surface area is 146 Å². The molecule has 0 aliphatic rings. The molecular weight excluding hydrogens is 312 g/mol. The van der Waals surface area contributed by atoms with Crippen molar-refractivity contribution in [1.29, 1.82) is 0 Å². The van der Waals surface area contributed by atoms with Gasteiger partial charge in [0, 0.05) is 23.5 Å². The number of rotatable bonds is 6. The van der Waals surface area contributed by atoms with Crippen molar-refractivity contribution < 1.29 is 4.42 Å². The molecule has 0 amide bonds. The monoisotopic (exact) mass is 332 g/mol. The summed E-state index contributed by atoms with van der Waals surface area (Å²) in [5, 5.41) is 9.64. The first-order valence-corrected chi connectivity index (χ1v) is 8.66. The van der Waals surface area contributed by atoms with E-state index in [4.69, 9.17) is 4.42 Å². The predicted molar refractivity (Wildman–Crippen MR) is 97.2 cm³/mol. The van der Waals surface area contributed by atoms with Crippen LogP contribution >= 0.6 is 0 Å². The van der Waals surface area contributed by atoms with Crippen molar-refractivity contribution in [1.82, 2.24) is 19.7 Å². The smallest absolute Gasteiger partial charge is 0.264 e. The van der Waals surface area contributed by atoms with Gasteiger partial charge in [-0.2, -0.15) is 0 Å². The molecule has 0 aliphatic carbocycles. The molecule has 4 aromatic rings. The maximum Gasteiger partial charge on any atom is 0.264 e. The SMILES string of the molecule is CCCCc1nnc(-c2cc3ccccc3n2Cc2ccccn2)o1. The van der Waals surface area contributed by atoms with Gasteiger partial charge in [0.25, 0.3) is 5.89 Å². The molecule has 0 saturated carbocycles. The number of pyridine rings is 1. The standard InChI is InChI=1S/C20H20N4O/c1-2-3-11-19-22-23-20(25-19)18-13-15-8-4-5-10-17(15)24(18)14-16-9-6-7-12-21-16/h4-10,12-13H,2-3,11,14H2,1H3. The highest BCUT2D eigenvalue weighted by Gasteiger charge is 2.16. The van der Waals surface area contributed by atoms with Crippen LogP contribution in [0.3, 0.4) is 0 Å². The number of unbranched alkanes of at least 4 members (excludes halogenated alkanes) is 1. The molecule has 3 aromatic heterocycles. The zero-order chi connectivity index (χ0) is 17.1. The third-order valence-corrected chi connectivity index (χ3v) is 4.29.